The standard InChI is InChI=1S/C11H15N3O4/c1-13(2)6-5-12-9-4-3-8(11(15)16)7-10(9)14(17)18/h3-4,7,12H,5-6H2,1-2H3,(H,15,16). The van der Waals surface area contributed by atoms with Crippen LogP contribution in [-0.4, -0.2) is 38.1 Å². The molecule has 1 rings (SSSR count). The Balaban J connectivity index is 2.90. The Kier molecular flexibility index (Phi) is 4.61. The molecule has 0 radical (unpaired) electrons. The number of quaternary nitrogens is 1. The number of nitrogens with zero attached hydrogens (tertiary/aromatic N) is 1. The number of carboxylic acid groups (broad SMARTS) is 1. The van der Waals surface area contributed by atoms with Crippen LogP contribution in [0.2, 0.25) is 0 Å². The van der Waals surface area contributed by atoms with E-state index in [0.29, 0.717) is 12.2 Å². The van der Waals surface area contributed by atoms with Crippen molar-refractivity contribution >= 4 is 17.3 Å². The number of anilines is 1. The summed E-state index contributed by atoms with van der Waals surface area (Å²) in [6.07, 6.45) is 0. The molecule has 0 atom stereocenters. The Labute approximate surface area is 104 Å². The molecule has 0 aromatic heterocycles. The van der Waals surface area contributed by atoms with E-state index in [-0.39, 0.29) is 11.3 Å². The van der Waals surface area contributed by atoms with Gasteiger partial charge in [-0.15, -0.1) is 0 Å². The van der Waals surface area contributed by atoms with Gasteiger partial charge in [-0.25, -0.2) is 0 Å². The van der Waals surface area contributed by atoms with Crippen LogP contribution in [0.15, 0.2) is 18.2 Å². The predicted molar refractivity (Wildman–Crippen MR) is 63.6 cm³/mol. The molecule has 0 fully saturated rings. The number of hydrogen-bond acceptors (Lipinski definition) is 5. The highest BCUT2D eigenvalue weighted by atomic mass is 16.6. The predicted octanol–water partition coefficient (Wildman–Crippen LogP) is -1.49. The van der Waals surface area contributed by atoms with E-state index in [4.69, 9.17) is 0 Å². The third-order valence-corrected chi connectivity index (χ3v) is 2.37. The number of carbonyl (C=O) groups excluding carboxylic acids is 1. The minimum Gasteiger partial charge on any atom is -0.545 e. The third-order valence-electron chi connectivity index (χ3n) is 2.37. The smallest absolute Gasteiger partial charge is 0.292 e. The fraction of sp³-hybridized carbons (Fsp3) is 0.364. The van der Waals surface area contributed by atoms with Crippen molar-refractivity contribution in [3.63, 3.8) is 0 Å². The second kappa shape index (κ2) is 5.97. The maximum atomic E-state index is 10.8. The first-order valence-corrected chi connectivity index (χ1v) is 5.44. The van der Waals surface area contributed by atoms with Gasteiger partial charge in [0.25, 0.3) is 5.69 Å². The number of nitrogens with one attached hydrogen (secondary N) is 2. The molecule has 1 aromatic carbocycles. The molecule has 0 bridgehead atoms. The van der Waals surface area contributed by atoms with Crippen LogP contribution in [0.25, 0.3) is 0 Å². The molecule has 0 aliphatic carbocycles. The fourth-order valence-corrected chi connectivity index (χ4v) is 1.41. The van der Waals surface area contributed by atoms with Crippen molar-refractivity contribution in [3.05, 3.63) is 33.9 Å². The quantitative estimate of drug-likeness (QED) is 0.475. The van der Waals surface area contributed by atoms with E-state index in [0.717, 1.165) is 12.6 Å². The third kappa shape index (κ3) is 3.70. The summed E-state index contributed by atoms with van der Waals surface area (Å²) in [5.74, 6) is -1.43. The van der Waals surface area contributed by atoms with Gasteiger partial charge < -0.3 is 20.1 Å². The van der Waals surface area contributed by atoms with Crippen molar-refractivity contribution in [1.82, 2.24) is 0 Å². The molecule has 0 amide bonds. The SMILES string of the molecule is C[NH+](C)CCNc1ccc(C(=O)[O-])cc1[N+](=O)[O-]. The van der Waals surface area contributed by atoms with Gasteiger partial charge in [0.15, 0.2) is 0 Å². The van der Waals surface area contributed by atoms with E-state index in [1.54, 1.807) is 0 Å². The Morgan fingerprint density at radius 3 is 2.61 bits per heavy atom. The number of likely N-dealkylation sites (N-methyl/N-ethyl adjacent to an activating group) is 1. The number of nitro groups is 1. The summed E-state index contributed by atoms with van der Waals surface area (Å²) >= 11 is 0. The maximum Gasteiger partial charge on any atom is 0.292 e. The largest absolute Gasteiger partial charge is 0.545 e. The topological polar surface area (TPSA) is 99.7 Å². The van der Waals surface area contributed by atoms with Gasteiger partial charge in [-0.1, -0.05) is 6.07 Å². The van der Waals surface area contributed by atoms with Gasteiger partial charge >= 0.3 is 0 Å². The van der Waals surface area contributed by atoms with E-state index < -0.39 is 10.9 Å². The number of benzene rings is 1. The molecule has 7 nitrogen and oxygen atoms in total. The van der Waals surface area contributed by atoms with Crippen molar-refractivity contribution in [2.45, 2.75) is 0 Å². The zero-order valence-corrected chi connectivity index (χ0v) is 10.2. The summed E-state index contributed by atoms with van der Waals surface area (Å²) in [6.45, 7) is 1.35. The van der Waals surface area contributed by atoms with Crippen LogP contribution in [-0.2, 0) is 0 Å². The molecule has 0 spiro atoms. The number of rotatable bonds is 6. The molecule has 0 saturated heterocycles. The molecule has 0 heterocycles. The molecule has 0 saturated carbocycles. The summed E-state index contributed by atoms with van der Waals surface area (Å²) in [7, 11) is 3.94. The molecule has 18 heavy (non-hydrogen) atoms. The Bertz CT molecular complexity index is 460. The van der Waals surface area contributed by atoms with Crippen molar-refractivity contribution in [3.8, 4) is 0 Å². The highest BCUT2D eigenvalue weighted by Crippen LogP contribution is 2.24. The zero-order chi connectivity index (χ0) is 13.7. The fourth-order valence-electron chi connectivity index (χ4n) is 1.41. The van der Waals surface area contributed by atoms with Crippen LogP contribution in [0.5, 0.6) is 0 Å². The van der Waals surface area contributed by atoms with Gasteiger partial charge in [0.05, 0.1) is 38.1 Å². The van der Waals surface area contributed by atoms with Crippen molar-refractivity contribution in [2.75, 3.05) is 32.5 Å². The Morgan fingerprint density at radius 2 is 2.11 bits per heavy atom. The van der Waals surface area contributed by atoms with Crippen LogP contribution in [0.1, 0.15) is 10.4 Å². The summed E-state index contributed by atoms with van der Waals surface area (Å²) in [4.78, 5) is 22.1. The van der Waals surface area contributed by atoms with Gasteiger partial charge in [0.2, 0.25) is 0 Å². The first-order valence-electron chi connectivity index (χ1n) is 5.44. The second-order valence-electron chi connectivity index (χ2n) is 4.16. The number of nitro benzene ring substituents is 1. The first-order chi connectivity index (χ1) is 8.41. The van der Waals surface area contributed by atoms with Gasteiger partial charge in [0.1, 0.15) is 5.69 Å². The van der Waals surface area contributed by atoms with Crippen molar-refractivity contribution < 1.29 is 19.7 Å². The molecular formula is C11H15N3O4. The lowest BCUT2D eigenvalue weighted by Crippen LogP contribution is -3.06. The van der Waals surface area contributed by atoms with Crippen LogP contribution < -0.4 is 15.3 Å². The lowest BCUT2D eigenvalue weighted by atomic mass is 10.1. The van der Waals surface area contributed by atoms with Crippen LogP contribution in [0.4, 0.5) is 11.4 Å². The normalized spacial score (nSPS) is 10.4. The van der Waals surface area contributed by atoms with E-state index in [2.05, 4.69) is 5.32 Å². The zero-order valence-electron chi connectivity index (χ0n) is 10.2. The van der Waals surface area contributed by atoms with Crippen LogP contribution >= 0.6 is 0 Å². The van der Waals surface area contributed by atoms with E-state index >= 15 is 0 Å². The minimum atomic E-state index is -1.43. The van der Waals surface area contributed by atoms with Gasteiger partial charge in [-0.3, -0.25) is 10.1 Å². The maximum absolute atomic E-state index is 10.8. The average molecular weight is 253 g/mol. The number of hydrogen-bond donors (Lipinski definition) is 2. The van der Waals surface area contributed by atoms with Crippen LogP contribution in [0, 0.1) is 10.1 Å². The number of aromatic carboxylic acids is 1. The molecule has 0 aliphatic rings. The lowest BCUT2D eigenvalue weighted by molar-refractivity contribution is -0.856. The van der Waals surface area contributed by atoms with Crippen molar-refractivity contribution in [2.24, 2.45) is 0 Å². The highest BCUT2D eigenvalue weighted by molar-refractivity contribution is 5.88. The molecule has 2 N–H and O–H groups in total. The summed E-state index contributed by atoms with van der Waals surface area (Å²) in [5, 5.41) is 24.4. The molecule has 98 valence electrons. The van der Waals surface area contributed by atoms with Crippen molar-refractivity contribution in [1.29, 1.82) is 0 Å². The van der Waals surface area contributed by atoms with Gasteiger partial charge in [-0.05, 0) is 6.07 Å². The number of carboxylic acids is 1. The van der Waals surface area contributed by atoms with E-state index in [1.165, 1.54) is 17.0 Å². The monoisotopic (exact) mass is 253 g/mol. The Hall–Kier alpha value is -2.15. The molecule has 1 aromatic rings. The van der Waals surface area contributed by atoms with E-state index in [9.17, 15) is 20.0 Å². The summed E-state index contributed by atoms with van der Waals surface area (Å²) in [5.41, 5.74) is -0.151. The van der Waals surface area contributed by atoms with Gasteiger partial charge in [0, 0.05) is 11.6 Å². The minimum absolute atomic E-state index is 0.203. The number of carbonyl (C=O) groups is 1. The molecule has 7 heteroatoms. The Morgan fingerprint density at radius 1 is 1.44 bits per heavy atom. The second-order valence-corrected chi connectivity index (χ2v) is 4.16. The highest BCUT2D eigenvalue weighted by Gasteiger charge is 2.14. The molecular weight excluding hydrogens is 238 g/mol. The van der Waals surface area contributed by atoms with Crippen LogP contribution in [0.3, 0.4) is 0 Å². The summed E-state index contributed by atoms with van der Waals surface area (Å²) < 4.78 is 0. The molecule has 0 aliphatic heterocycles. The molecule has 0 unspecified atom stereocenters. The van der Waals surface area contributed by atoms with Gasteiger partial charge in [-0.2, -0.15) is 0 Å². The van der Waals surface area contributed by atoms with E-state index in [1.807, 2.05) is 14.1 Å². The lowest BCUT2D eigenvalue weighted by Gasteiger charge is -2.10. The first kappa shape index (κ1) is 13.9. The summed E-state index contributed by atoms with van der Waals surface area (Å²) in [6, 6.07) is 3.67. The average Bonchev–Trinajstić information content (AvgIpc) is 2.28.